The third-order valence-corrected chi connectivity index (χ3v) is 4.53. The normalized spacial score (nSPS) is 20.2. The largest absolute Gasteiger partial charge is 0.379 e. The number of nitrogens with zero attached hydrogens (tertiary/aromatic N) is 3. The van der Waals surface area contributed by atoms with Gasteiger partial charge in [-0.1, -0.05) is 12.1 Å². The van der Waals surface area contributed by atoms with Crippen molar-refractivity contribution in [2.24, 2.45) is 0 Å². The van der Waals surface area contributed by atoms with E-state index in [-0.39, 0.29) is 12.1 Å². The third-order valence-electron chi connectivity index (χ3n) is 4.53. The lowest BCUT2D eigenvalue weighted by Gasteiger charge is -2.32. The number of ether oxygens (including phenoxy) is 2. The maximum Gasteiger partial charge on any atom is 0.163 e. The topological polar surface area (TPSA) is 69.2 Å². The monoisotopic (exact) mass is 350 g/mol. The number of anilines is 1. The molecule has 1 fully saturated rings. The van der Waals surface area contributed by atoms with Gasteiger partial charge in [-0.3, -0.25) is 4.98 Å². The maximum atomic E-state index is 5.85. The number of nitrogens with one attached hydrogen (secondary N) is 1. The van der Waals surface area contributed by atoms with E-state index < -0.39 is 0 Å². The molecule has 4 rings (SSSR count). The molecule has 3 heterocycles. The number of pyridine rings is 1. The second-order valence-electron chi connectivity index (χ2n) is 6.26. The van der Waals surface area contributed by atoms with Crippen molar-refractivity contribution in [2.45, 2.75) is 25.5 Å². The molecular weight excluding hydrogens is 328 g/mol. The summed E-state index contributed by atoms with van der Waals surface area (Å²) in [6, 6.07) is 12.1. The van der Waals surface area contributed by atoms with Crippen LogP contribution in [-0.2, 0) is 9.47 Å². The lowest BCUT2D eigenvalue weighted by molar-refractivity contribution is -0.0528. The van der Waals surface area contributed by atoms with Crippen molar-refractivity contribution in [3.63, 3.8) is 0 Å². The Balaban J connectivity index is 1.73. The minimum Gasteiger partial charge on any atom is -0.379 e. The Hall–Kier alpha value is -2.57. The van der Waals surface area contributed by atoms with Crippen molar-refractivity contribution >= 4 is 16.7 Å². The number of fused-ring (bicyclic) bond motifs is 1. The molecule has 0 saturated carbocycles. The number of hydrogen-bond acceptors (Lipinski definition) is 6. The van der Waals surface area contributed by atoms with Gasteiger partial charge in [-0.25, -0.2) is 9.97 Å². The van der Waals surface area contributed by atoms with Crippen LogP contribution in [0, 0.1) is 0 Å². The van der Waals surface area contributed by atoms with Gasteiger partial charge in [0.25, 0.3) is 0 Å². The SMILES string of the molecule is CCOC1COCCC1Nc1nc(-c2cccnc2)nc2ccccc12. The summed E-state index contributed by atoms with van der Waals surface area (Å²) in [5.41, 5.74) is 1.80. The van der Waals surface area contributed by atoms with Gasteiger partial charge in [-0.2, -0.15) is 0 Å². The Kier molecular flexibility index (Phi) is 5.04. The number of rotatable bonds is 5. The van der Waals surface area contributed by atoms with Gasteiger partial charge < -0.3 is 14.8 Å². The quantitative estimate of drug-likeness (QED) is 0.761. The summed E-state index contributed by atoms with van der Waals surface area (Å²) in [7, 11) is 0. The lowest BCUT2D eigenvalue weighted by Crippen LogP contribution is -2.44. The molecule has 0 radical (unpaired) electrons. The van der Waals surface area contributed by atoms with Crippen LogP contribution in [0.5, 0.6) is 0 Å². The Bertz CT molecular complexity index is 870. The van der Waals surface area contributed by atoms with Gasteiger partial charge in [0.2, 0.25) is 0 Å². The van der Waals surface area contributed by atoms with Gasteiger partial charge in [0.15, 0.2) is 5.82 Å². The molecule has 134 valence electrons. The van der Waals surface area contributed by atoms with E-state index >= 15 is 0 Å². The zero-order chi connectivity index (χ0) is 17.8. The van der Waals surface area contributed by atoms with Crippen LogP contribution < -0.4 is 5.32 Å². The van der Waals surface area contributed by atoms with Crippen molar-refractivity contribution in [2.75, 3.05) is 25.1 Å². The molecule has 2 atom stereocenters. The molecule has 0 amide bonds. The highest BCUT2D eigenvalue weighted by Crippen LogP contribution is 2.26. The van der Waals surface area contributed by atoms with E-state index in [0.717, 1.165) is 35.3 Å². The molecule has 2 aromatic heterocycles. The Morgan fingerprint density at radius 2 is 2.12 bits per heavy atom. The maximum absolute atomic E-state index is 5.85. The smallest absolute Gasteiger partial charge is 0.163 e. The first kappa shape index (κ1) is 16.9. The van der Waals surface area contributed by atoms with Crippen LogP contribution in [0.3, 0.4) is 0 Å². The second kappa shape index (κ2) is 7.76. The number of aromatic nitrogens is 3. The van der Waals surface area contributed by atoms with Crippen molar-refractivity contribution in [3.8, 4) is 11.4 Å². The van der Waals surface area contributed by atoms with Crippen LogP contribution in [0.1, 0.15) is 13.3 Å². The standard InChI is InChI=1S/C20H22N4O2/c1-2-26-18-13-25-11-9-17(18)23-20-15-7-3-4-8-16(15)22-19(24-20)14-6-5-10-21-12-14/h3-8,10,12,17-18H,2,9,11,13H2,1H3,(H,22,23,24). The van der Waals surface area contributed by atoms with Gasteiger partial charge in [-0.15, -0.1) is 0 Å². The fraction of sp³-hybridized carbons (Fsp3) is 0.350. The highest BCUT2D eigenvalue weighted by atomic mass is 16.5. The van der Waals surface area contributed by atoms with E-state index in [1.807, 2.05) is 43.3 Å². The van der Waals surface area contributed by atoms with Gasteiger partial charge in [-0.05, 0) is 37.6 Å². The number of para-hydroxylation sites is 1. The molecule has 6 heteroatoms. The first-order valence-corrected chi connectivity index (χ1v) is 8.98. The summed E-state index contributed by atoms with van der Waals surface area (Å²) in [6.45, 7) is 3.99. The van der Waals surface area contributed by atoms with Gasteiger partial charge >= 0.3 is 0 Å². The van der Waals surface area contributed by atoms with Crippen molar-refractivity contribution in [3.05, 3.63) is 48.8 Å². The molecule has 1 aliphatic rings. The van der Waals surface area contributed by atoms with E-state index in [9.17, 15) is 0 Å². The lowest BCUT2D eigenvalue weighted by atomic mass is 10.1. The number of benzene rings is 1. The molecule has 0 aliphatic carbocycles. The van der Waals surface area contributed by atoms with E-state index in [1.165, 1.54) is 0 Å². The summed E-state index contributed by atoms with van der Waals surface area (Å²) in [4.78, 5) is 13.7. The molecular formula is C20H22N4O2. The third kappa shape index (κ3) is 3.52. The highest BCUT2D eigenvalue weighted by Gasteiger charge is 2.27. The molecule has 0 spiro atoms. The van der Waals surface area contributed by atoms with E-state index in [2.05, 4.69) is 10.3 Å². The first-order valence-electron chi connectivity index (χ1n) is 8.98. The van der Waals surface area contributed by atoms with Crippen molar-refractivity contribution < 1.29 is 9.47 Å². The summed E-state index contributed by atoms with van der Waals surface area (Å²) in [5.74, 6) is 1.49. The molecule has 1 N–H and O–H groups in total. The summed E-state index contributed by atoms with van der Waals surface area (Å²) in [5, 5.41) is 4.59. The van der Waals surface area contributed by atoms with Crippen molar-refractivity contribution in [1.29, 1.82) is 0 Å². The van der Waals surface area contributed by atoms with Crippen LogP contribution in [0.2, 0.25) is 0 Å². The molecule has 1 saturated heterocycles. The predicted molar refractivity (Wildman–Crippen MR) is 101 cm³/mol. The minimum absolute atomic E-state index is 0.0179. The molecule has 1 aliphatic heterocycles. The van der Waals surface area contributed by atoms with Gasteiger partial charge in [0.1, 0.15) is 11.9 Å². The zero-order valence-electron chi connectivity index (χ0n) is 14.8. The number of hydrogen-bond donors (Lipinski definition) is 1. The average molecular weight is 350 g/mol. The van der Waals surface area contributed by atoms with Crippen LogP contribution in [-0.4, -0.2) is 46.9 Å². The van der Waals surface area contributed by atoms with E-state index in [4.69, 9.17) is 19.4 Å². The second-order valence-corrected chi connectivity index (χ2v) is 6.26. The Morgan fingerprint density at radius 3 is 2.96 bits per heavy atom. The summed E-state index contributed by atoms with van der Waals surface area (Å²) >= 11 is 0. The molecule has 3 aromatic rings. The van der Waals surface area contributed by atoms with Gasteiger partial charge in [0, 0.05) is 36.6 Å². The fourth-order valence-electron chi connectivity index (χ4n) is 3.24. The van der Waals surface area contributed by atoms with Crippen LogP contribution >= 0.6 is 0 Å². The highest BCUT2D eigenvalue weighted by molar-refractivity contribution is 5.90. The first-order chi connectivity index (χ1) is 12.8. The minimum atomic E-state index is 0.0179. The molecule has 2 unspecified atom stereocenters. The Morgan fingerprint density at radius 1 is 1.19 bits per heavy atom. The summed E-state index contributed by atoms with van der Waals surface area (Å²) < 4.78 is 11.4. The summed E-state index contributed by atoms with van der Waals surface area (Å²) in [6.07, 6.45) is 4.43. The van der Waals surface area contributed by atoms with Gasteiger partial charge in [0.05, 0.1) is 18.2 Å². The Labute approximate surface area is 152 Å². The van der Waals surface area contributed by atoms with Crippen LogP contribution in [0.4, 0.5) is 5.82 Å². The molecule has 1 aromatic carbocycles. The van der Waals surface area contributed by atoms with Crippen molar-refractivity contribution in [1.82, 2.24) is 15.0 Å². The average Bonchev–Trinajstić information content (AvgIpc) is 2.70. The molecule has 0 bridgehead atoms. The van der Waals surface area contributed by atoms with E-state index in [0.29, 0.717) is 19.0 Å². The fourth-order valence-corrected chi connectivity index (χ4v) is 3.24. The van der Waals surface area contributed by atoms with Crippen LogP contribution in [0.15, 0.2) is 48.8 Å². The predicted octanol–water partition coefficient (Wildman–Crippen LogP) is 3.30. The zero-order valence-corrected chi connectivity index (χ0v) is 14.8. The van der Waals surface area contributed by atoms with E-state index in [1.54, 1.807) is 12.4 Å². The molecule has 6 nitrogen and oxygen atoms in total. The molecule has 26 heavy (non-hydrogen) atoms. The van der Waals surface area contributed by atoms with Crippen LogP contribution in [0.25, 0.3) is 22.3 Å².